The van der Waals surface area contributed by atoms with Crippen molar-refractivity contribution < 1.29 is 9.59 Å². The van der Waals surface area contributed by atoms with Gasteiger partial charge in [0.15, 0.2) is 5.82 Å². The fraction of sp³-hybridized carbons (Fsp3) is 0.111. The summed E-state index contributed by atoms with van der Waals surface area (Å²) in [4.78, 5) is 27.6. The molecule has 0 aliphatic rings. The summed E-state index contributed by atoms with van der Waals surface area (Å²) in [6.45, 7) is 1.45. The van der Waals surface area contributed by atoms with Crippen LogP contribution in [-0.2, 0) is 9.59 Å². The highest BCUT2D eigenvalue weighted by Crippen LogP contribution is 2.22. The van der Waals surface area contributed by atoms with Gasteiger partial charge in [-0.3, -0.25) is 14.7 Å². The number of anilines is 2. The molecule has 1 aromatic heterocycles. The number of carbonyl (C=O) groups is 2. The van der Waals surface area contributed by atoms with Crippen molar-refractivity contribution in [3.8, 4) is 11.4 Å². The Morgan fingerprint density at radius 3 is 2.63 bits per heavy atom. The number of carbonyl (C=O) groups excluding carboxylic acids is 2. The lowest BCUT2D eigenvalue weighted by Crippen LogP contribution is -2.13. The van der Waals surface area contributed by atoms with E-state index in [2.05, 4.69) is 25.8 Å². The Bertz CT molecular complexity index is 958. The topological polar surface area (TPSA) is 99.8 Å². The molecule has 0 bridgehead atoms. The van der Waals surface area contributed by atoms with Crippen LogP contribution in [0, 0.1) is 0 Å². The Labute approximate surface area is 164 Å². The standard InChI is InChI=1S/C18H16ClN5O2S/c1-11(25)20-15-4-2-3-12(9-15)17-22-18(24-23-17)27-10-16(26)21-14-7-5-13(19)6-8-14/h2-9H,10H2,1H3,(H,20,25)(H,21,26)(H,22,23,24). The lowest BCUT2D eigenvalue weighted by molar-refractivity contribution is -0.114. The number of nitrogens with one attached hydrogen (secondary N) is 3. The first kappa shape index (κ1) is 18.9. The van der Waals surface area contributed by atoms with E-state index in [-0.39, 0.29) is 17.6 Å². The van der Waals surface area contributed by atoms with Gasteiger partial charge < -0.3 is 10.6 Å². The second-order valence-electron chi connectivity index (χ2n) is 5.57. The monoisotopic (exact) mass is 401 g/mol. The predicted molar refractivity (Wildman–Crippen MR) is 107 cm³/mol. The number of H-pyrrole nitrogens is 1. The first-order valence-corrected chi connectivity index (χ1v) is 9.34. The molecule has 3 N–H and O–H groups in total. The lowest BCUT2D eigenvalue weighted by Gasteiger charge is -2.04. The first-order chi connectivity index (χ1) is 13.0. The van der Waals surface area contributed by atoms with Gasteiger partial charge in [0, 0.05) is 28.9 Å². The molecule has 1 heterocycles. The largest absolute Gasteiger partial charge is 0.326 e. The maximum atomic E-state index is 12.0. The van der Waals surface area contributed by atoms with Gasteiger partial charge in [-0.15, -0.1) is 5.10 Å². The Morgan fingerprint density at radius 1 is 1.11 bits per heavy atom. The molecular formula is C18H16ClN5O2S. The molecule has 0 aliphatic carbocycles. The van der Waals surface area contributed by atoms with Crippen LogP contribution in [0.5, 0.6) is 0 Å². The molecule has 0 radical (unpaired) electrons. The summed E-state index contributed by atoms with van der Waals surface area (Å²) in [5, 5.41) is 13.5. The van der Waals surface area contributed by atoms with E-state index in [4.69, 9.17) is 11.6 Å². The van der Waals surface area contributed by atoms with E-state index in [1.807, 2.05) is 12.1 Å². The Morgan fingerprint density at radius 2 is 1.89 bits per heavy atom. The van der Waals surface area contributed by atoms with E-state index in [1.165, 1.54) is 18.7 Å². The third-order valence-corrected chi connectivity index (χ3v) is 4.48. The molecule has 0 fully saturated rings. The molecule has 2 aromatic carbocycles. The molecule has 3 aromatic rings. The van der Waals surface area contributed by atoms with Gasteiger partial charge in [0.25, 0.3) is 0 Å². The van der Waals surface area contributed by atoms with Crippen molar-refractivity contribution in [2.45, 2.75) is 12.1 Å². The third kappa shape index (κ3) is 5.57. The molecule has 0 aliphatic heterocycles. The maximum Gasteiger partial charge on any atom is 0.234 e. The molecule has 0 saturated heterocycles. The highest BCUT2D eigenvalue weighted by atomic mass is 35.5. The molecular weight excluding hydrogens is 386 g/mol. The number of amides is 2. The van der Waals surface area contributed by atoms with Crippen molar-refractivity contribution >= 4 is 46.6 Å². The Kier molecular flexibility index (Phi) is 6.10. The summed E-state index contributed by atoms with van der Waals surface area (Å²) in [6.07, 6.45) is 0. The fourth-order valence-corrected chi connectivity index (χ4v) is 2.97. The van der Waals surface area contributed by atoms with Gasteiger partial charge in [0.1, 0.15) is 0 Å². The Hall–Kier alpha value is -2.84. The number of thioether (sulfide) groups is 1. The van der Waals surface area contributed by atoms with Crippen LogP contribution in [-0.4, -0.2) is 32.7 Å². The highest BCUT2D eigenvalue weighted by molar-refractivity contribution is 7.99. The molecule has 0 atom stereocenters. The van der Waals surface area contributed by atoms with Gasteiger partial charge in [-0.2, -0.15) is 0 Å². The van der Waals surface area contributed by atoms with Crippen LogP contribution in [0.2, 0.25) is 5.02 Å². The summed E-state index contributed by atoms with van der Waals surface area (Å²) in [5.41, 5.74) is 2.13. The van der Waals surface area contributed by atoms with E-state index in [0.29, 0.717) is 27.4 Å². The van der Waals surface area contributed by atoms with Crippen molar-refractivity contribution in [3.63, 3.8) is 0 Å². The number of hydrogen-bond donors (Lipinski definition) is 3. The summed E-state index contributed by atoms with van der Waals surface area (Å²) in [5.74, 6) is 0.420. The van der Waals surface area contributed by atoms with Gasteiger partial charge in [0.05, 0.1) is 5.75 Å². The van der Waals surface area contributed by atoms with Crippen LogP contribution < -0.4 is 10.6 Å². The zero-order chi connectivity index (χ0) is 19.2. The summed E-state index contributed by atoms with van der Waals surface area (Å²) < 4.78 is 0. The molecule has 27 heavy (non-hydrogen) atoms. The molecule has 9 heteroatoms. The molecule has 0 spiro atoms. The fourth-order valence-electron chi connectivity index (χ4n) is 2.25. The molecule has 138 valence electrons. The van der Waals surface area contributed by atoms with Crippen LogP contribution in [0.1, 0.15) is 6.92 Å². The average molecular weight is 402 g/mol. The third-order valence-electron chi connectivity index (χ3n) is 3.38. The number of halogens is 1. The van der Waals surface area contributed by atoms with Crippen LogP contribution in [0.15, 0.2) is 53.7 Å². The predicted octanol–water partition coefficient (Wildman–Crippen LogP) is 3.81. The normalized spacial score (nSPS) is 10.4. The summed E-state index contributed by atoms with van der Waals surface area (Å²) in [6, 6.07) is 14.1. The molecule has 7 nitrogen and oxygen atoms in total. The number of hydrogen-bond acceptors (Lipinski definition) is 5. The van der Waals surface area contributed by atoms with E-state index in [0.717, 1.165) is 5.56 Å². The van der Waals surface area contributed by atoms with Crippen molar-refractivity contribution in [2.24, 2.45) is 0 Å². The van der Waals surface area contributed by atoms with Crippen molar-refractivity contribution in [1.82, 2.24) is 15.2 Å². The number of rotatable bonds is 6. The van der Waals surface area contributed by atoms with E-state index >= 15 is 0 Å². The lowest BCUT2D eigenvalue weighted by atomic mass is 10.2. The van der Waals surface area contributed by atoms with Gasteiger partial charge >= 0.3 is 0 Å². The minimum atomic E-state index is -0.165. The number of aromatic amines is 1. The van der Waals surface area contributed by atoms with E-state index in [9.17, 15) is 9.59 Å². The molecule has 0 unspecified atom stereocenters. The van der Waals surface area contributed by atoms with E-state index in [1.54, 1.807) is 36.4 Å². The van der Waals surface area contributed by atoms with E-state index < -0.39 is 0 Å². The molecule has 3 rings (SSSR count). The van der Waals surface area contributed by atoms with Crippen LogP contribution in [0.4, 0.5) is 11.4 Å². The number of nitrogens with zero attached hydrogens (tertiary/aromatic N) is 2. The van der Waals surface area contributed by atoms with Crippen LogP contribution >= 0.6 is 23.4 Å². The second kappa shape index (κ2) is 8.70. The summed E-state index contributed by atoms with van der Waals surface area (Å²) in [7, 11) is 0. The van der Waals surface area contributed by atoms with Gasteiger partial charge in [0.2, 0.25) is 17.0 Å². The number of benzene rings is 2. The highest BCUT2D eigenvalue weighted by Gasteiger charge is 2.10. The zero-order valence-corrected chi connectivity index (χ0v) is 15.9. The SMILES string of the molecule is CC(=O)Nc1cccc(-c2nc(SCC(=O)Nc3ccc(Cl)cc3)n[nH]2)c1. The van der Waals surface area contributed by atoms with Crippen LogP contribution in [0.25, 0.3) is 11.4 Å². The van der Waals surface area contributed by atoms with Gasteiger partial charge in [-0.25, -0.2) is 4.98 Å². The zero-order valence-electron chi connectivity index (χ0n) is 14.3. The van der Waals surface area contributed by atoms with Gasteiger partial charge in [-0.05, 0) is 36.4 Å². The second-order valence-corrected chi connectivity index (χ2v) is 6.95. The minimum absolute atomic E-state index is 0.146. The van der Waals surface area contributed by atoms with Crippen molar-refractivity contribution in [3.05, 3.63) is 53.6 Å². The van der Waals surface area contributed by atoms with Crippen molar-refractivity contribution in [1.29, 1.82) is 0 Å². The van der Waals surface area contributed by atoms with Gasteiger partial charge in [-0.1, -0.05) is 35.5 Å². The maximum absolute atomic E-state index is 12.0. The number of aromatic nitrogens is 3. The quantitative estimate of drug-likeness (QED) is 0.545. The molecule has 0 saturated carbocycles. The average Bonchev–Trinajstić information content (AvgIpc) is 3.11. The Balaban J connectivity index is 1.58. The van der Waals surface area contributed by atoms with Crippen molar-refractivity contribution in [2.75, 3.05) is 16.4 Å². The summed E-state index contributed by atoms with van der Waals surface area (Å²) >= 11 is 7.04. The first-order valence-electron chi connectivity index (χ1n) is 7.98. The minimum Gasteiger partial charge on any atom is -0.326 e. The molecule has 2 amide bonds. The van der Waals surface area contributed by atoms with Crippen LogP contribution in [0.3, 0.4) is 0 Å². The smallest absolute Gasteiger partial charge is 0.234 e.